The van der Waals surface area contributed by atoms with Gasteiger partial charge in [0.15, 0.2) is 3.79 Å². The lowest BCUT2D eigenvalue weighted by atomic mass is 10.3. The van der Waals surface area contributed by atoms with Crippen molar-refractivity contribution in [1.82, 2.24) is 4.98 Å². The van der Waals surface area contributed by atoms with Crippen LogP contribution >= 0.6 is 22.6 Å². The van der Waals surface area contributed by atoms with Gasteiger partial charge >= 0.3 is 0 Å². The average Bonchev–Trinajstić information content (AvgIpc) is 1.88. The number of hydrogen-bond donors (Lipinski definition) is 0. The van der Waals surface area contributed by atoms with Crippen molar-refractivity contribution >= 4 is 26.4 Å². The summed E-state index contributed by atoms with van der Waals surface area (Å²) < 4.78 is 0.122. The number of aromatic nitrogens is 1. The van der Waals surface area contributed by atoms with E-state index in [-0.39, 0.29) is 3.79 Å². The molecule has 0 unspecified atom stereocenters. The smallest absolute Gasteiger partial charge is 0.198 e. The van der Waals surface area contributed by atoms with Gasteiger partial charge in [-0.1, -0.05) is 6.07 Å². The van der Waals surface area contributed by atoms with Crippen LogP contribution in [-0.2, 0) is 11.2 Å². The van der Waals surface area contributed by atoms with Crippen molar-refractivity contribution in [2.75, 3.05) is 0 Å². The zero-order valence-electron chi connectivity index (χ0n) is 5.25. The molecule has 0 spiro atoms. The fourth-order valence-electron chi connectivity index (χ4n) is 0.645. The fourth-order valence-corrected chi connectivity index (χ4v) is 1.04. The largest absolute Gasteiger partial charge is 0.287 e. The first-order chi connectivity index (χ1) is 4.79. The summed E-state index contributed by atoms with van der Waals surface area (Å²) in [4.78, 5) is 14.6. The molecule has 0 fully saturated rings. The summed E-state index contributed by atoms with van der Waals surface area (Å²) in [5, 5.41) is 0. The van der Waals surface area contributed by atoms with Gasteiger partial charge in [-0.3, -0.25) is 9.78 Å². The molecule has 1 aromatic rings. The maximum absolute atomic E-state index is 10.6. The zero-order valence-corrected chi connectivity index (χ0v) is 7.41. The Morgan fingerprint density at radius 3 is 2.90 bits per heavy atom. The van der Waals surface area contributed by atoms with Crippen LogP contribution in [0.5, 0.6) is 0 Å². The van der Waals surface area contributed by atoms with E-state index in [0.717, 1.165) is 5.69 Å². The van der Waals surface area contributed by atoms with E-state index in [1.54, 1.807) is 28.8 Å². The molecule has 0 aliphatic heterocycles. The normalized spacial score (nSPS) is 9.30. The summed E-state index contributed by atoms with van der Waals surface area (Å²) in [6, 6.07) is 5.56. The zero-order chi connectivity index (χ0) is 7.40. The highest BCUT2D eigenvalue weighted by Crippen LogP contribution is 1.98. The molecule has 0 N–H and O–H groups in total. The minimum Gasteiger partial charge on any atom is -0.287 e. The topological polar surface area (TPSA) is 30.0 Å². The summed E-state index contributed by atoms with van der Waals surface area (Å²) >= 11 is 1.77. The Balaban J connectivity index is 2.67. The van der Waals surface area contributed by atoms with Gasteiger partial charge in [-0.15, -0.1) is 0 Å². The molecular formula is C7H6INO. The Kier molecular flexibility index (Phi) is 2.80. The van der Waals surface area contributed by atoms with Crippen molar-refractivity contribution in [2.45, 2.75) is 6.42 Å². The fraction of sp³-hybridized carbons (Fsp3) is 0.143. The van der Waals surface area contributed by atoms with Crippen LogP contribution in [0.4, 0.5) is 0 Å². The Morgan fingerprint density at radius 1 is 1.60 bits per heavy atom. The van der Waals surface area contributed by atoms with Crippen LogP contribution in [0.15, 0.2) is 24.4 Å². The minimum absolute atomic E-state index is 0.122. The third-order valence-corrected chi connectivity index (χ3v) is 1.43. The summed E-state index contributed by atoms with van der Waals surface area (Å²) in [5.41, 5.74) is 0.835. The highest BCUT2D eigenvalue weighted by atomic mass is 127. The first-order valence-corrected chi connectivity index (χ1v) is 3.95. The maximum Gasteiger partial charge on any atom is 0.198 e. The molecular weight excluding hydrogens is 241 g/mol. The Bertz CT molecular complexity index is 222. The summed E-state index contributed by atoms with van der Waals surface area (Å²) in [5.74, 6) is 0. The van der Waals surface area contributed by atoms with Crippen LogP contribution in [0.1, 0.15) is 5.69 Å². The van der Waals surface area contributed by atoms with Crippen molar-refractivity contribution in [3.05, 3.63) is 30.1 Å². The van der Waals surface area contributed by atoms with E-state index in [2.05, 4.69) is 4.98 Å². The van der Waals surface area contributed by atoms with Crippen LogP contribution < -0.4 is 0 Å². The Labute approximate surface area is 72.8 Å². The lowest BCUT2D eigenvalue weighted by molar-refractivity contribution is -0.108. The highest BCUT2D eigenvalue weighted by molar-refractivity contribution is 14.1. The van der Waals surface area contributed by atoms with E-state index >= 15 is 0 Å². The molecule has 0 aliphatic rings. The summed E-state index contributed by atoms with van der Waals surface area (Å²) in [6.07, 6.45) is 2.12. The molecule has 0 radical (unpaired) electrons. The molecule has 10 heavy (non-hydrogen) atoms. The number of carbonyl (C=O) groups excluding carboxylic acids is 1. The van der Waals surface area contributed by atoms with E-state index in [9.17, 15) is 4.79 Å². The van der Waals surface area contributed by atoms with E-state index in [0.29, 0.717) is 6.42 Å². The lowest BCUT2D eigenvalue weighted by Gasteiger charge is -1.91. The molecule has 0 saturated heterocycles. The monoisotopic (exact) mass is 247 g/mol. The van der Waals surface area contributed by atoms with Gasteiger partial charge in [-0.05, 0) is 34.7 Å². The van der Waals surface area contributed by atoms with Crippen molar-refractivity contribution < 1.29 is 4.79 Å². The molecule has 0 aliphatic carbocycles. The quantitative estimate of drug-likeness (QED) is 0.586. The van der Waals surface area contributed by atoms with Gasteiger partial charge in [-0.2, -0.15) is 0 Å². The minimum atomic E-state index is 0.122. The maximum atomic E-state index is 10.6. The molecule has 0 aromatic carbocycles. The van der Waals surface area contributed by atoms with Gasteiger partial charge in [0.2, 0.25) is 0 Å². The third-order valence-electron chi connectivity index (χ3n) is 1.05. The number of rotatable bonds is 2. The number of hydrogen-bond acceptors (Lipinski definition) is 2. The van der Waals surface area contributed by atoms with Crippen molar-refractivity contribution in [1.29, 1.82) is 0 Å². The number of carbonyl (C=O) groups is 1. The second kappa shape index (κ2) is 3.65. The number of nitrogens with zero attached hydrogens (tertiary/aromatic N) is 1. The standard InChI is InChI=1S/C7H6INO/c8-7(10)5-6-3-1-2-4-9-6/h1-4H,5H2. The van der Waals surface area contributed by atoms with Crippen LogP contribution in [0.2, 0.25) is 0 Å². The van der Waals surface area contributed by atoms with Gasteiger partial charge in [-0.25, -0.2) is 0 Å². The Hall–Kier alpha value is -0.450. The second-order valence-electron chi connectivity index (χ2n) is 1.85. The molecule has 1 rings (SSSR count). The summed E-state index contributed by atoms with van der Waals surface area (Å²) in [7, 11) is 0. The summed E-state index contributed by atoms with van der Waals surface area (Å²) in [6.45, 7) is 0. The molecule has 2 nitrogen and oxygen atoms in total. The van der Waals surface area contributed by atoms with Crippen LogP contribution in [0, 0.1) is 0 Å². The predicted octanol–water partition coefficient (Wildman–Crippen LogP) is 1.59. The van der Waals surface area contributed by atoms with E-state index < -0.39 is 0 Å². The van der Waals surface area contributed by atoms with Crippen LogP contribution in [-0.4, -0.2) is 8.77 Å². The lowest BCUT2D eigenvalue weighted by Crippen LogP contribution is -1.94. The van der Waals surface area contributed by atoms with Gasteiger partial charge in [0.05, 0.1) is 6.42 Å². The van der Waals surface area contributed by atoms with E-state index in [1.807, 2.05) is 18.2 Å². The van der Waals surface area contributed by atoms with Gasteiger partial charge in [0.1, 0.15) is 0 Å². The molecule has 0 atom stereocenters. The predicted molar refractivity (Wildman–Crippen MR) is 47.0 cm³/mol. The molecule has 1 aromatic heterocycles. The molecule has 0 bridgehead atoms. The second-order valence-corrected chi connectivity index (χ2v) is 3.06. The van der Waals surface area contributed by atoms with Crippen LogP contribution in [0.25, 0.3) is 0 Å². The SMILES string of the molecule is O=C(I)Cc1ccccn1. The molecule has 0 amide bonds. The molecule has 52 valence electrons. The Morgan fingerprint density at radius 2 is 2.40 bits per heavy atom. The van der Waals surface area contributed by atoms with E-state index in [1.165, 1.54) is 0 Å². The van der Waals surface area contributed by atoms with Crippen molar-refractivity contribution in [3.63, 3.8) is 0 Å². The highest BCUT2D eigenvalue weighted by Gasteiger charge is 1.96. The molecule has 1 heterocycles. The van der Waals surface area contributed by atoms with Gasteiger partial charge in [0, 0.05) is 11.9 Å². The third kappa shape index (κ3) is 2.43. The van der Waals surface area contributed by atoms with Crippen molar-refractivity contribution in [3.8, 4) is 0 Å². The first-order valence-electron chi connectivity index (χ1n) is 2.87. The first kappa shape index (κ1) is 7.65. The molecule has 3 heteroatoms. The average molecular weight is 247 g/mol. The van der Waals surface area contributed by atoms with Gasteiger partial charge in [0.25, 0.3) is 0 Å². The van der Waals surface area contributed by atoms with E-state index in [4.69, 9.17) is 0 Å². The number of halogens is 1. The molecule has 0 saturated carbocycles. The van der Waals surface area contributed by atoms with Gasteiger partial charge < -0.3 is 0 Å². The number of pyridine rings is 1. The van der Waals surface area contributed by atoms with Crippen LogP contribution in [0.3, 0.4) is 0 Å². The van der Waals surface area contributed by atoms with Crippen molar-refractivity contribution in [2.24, 2.45) is 0 Å².